The Morgan fingerprint density at radius 3 is 2.38 bits per heavy atom. The van der Waals surface area contributed by atoms with Crippen LogP contribution in [-0.4, -0.2) is 25.6 Å². The number of aromatic nitrogens is 1. The van der Waals surface area contributed by atoms with Crippen LogP contribution in [0.1, 0.15) is 47.7 Å². The zero-order valence-corrected chi connectivity index (χ0v) is 21.5. The summed E-state index contributed by atoms with van der Waals surface area (Å²) in [5.41, 5.74) is 0.449. The number of halogens is 4. The van der Waals surface area contributed by atoms with Crippen LogP contribution in [0.4, 0.5) is 18.9 Å². The highest BCUT2D eigenvalue weighted by Crippen LogP contribution is 2.67. The van der Waals surface area contributed by atoms with Gasteiger partial charge in [-0.15, -0.1) is 0 Å². The van der Waals surface area contributed by atoms with Crippen LogP contribution in [0, 0.1) is 22.4 Å². The molecule has 3 aliphatic carbocycles. The van der Waals surface area contributed by atoms with Gasteiger partial charge in [0.25, 0.3) is 0 Å². The molecule has 1 atom stereocenters. The lowest BCUT2D eigenvalue weighted by atomic mass is 9.42. The topological polar surface area (TPSA) is 91.6 Å². The number of alkyl halides is 2. The number of esters is 1. The molecule has 1 amide bonds. The fourth-order valence-corrected chi connectivity index (χ4v) is 5.77. The lowest BCUT2D eigenvalue weighted by molar-refractivity contribution is -0.614. The molecule has 0 spiro atoms. The van der Waals surface area contributed by atoms with Crippen LogP contribution in [0.2, 0.25) is 5.02 Å². The maximum absolute atomic E-state index is 14.9. The Hall–Kier alpha value is -3.79. The minimum atomic E-state index is -3.22. The van der Waals surface area contributed by atoms with Crippen LogP contribution in [0.25, 0.3) is 11.1 Å². The molecule has 11 heteroatoms. The minimum absolute atomic E-state index is 0.00950. The van der Waals surface area contributed by atoms with E-state index in [4.69, 9.17) is 11.6 Å². The van der Waals surface area contributed by atoms with Gasteiger partial charge in [-0.1, -0.05) is 11.6 Å². The number of anilines is 1. The first-order valence-corrected chi connectivity index (χ1v) is 12.6. The van der Waals surface area contributed by atoms with Crippen molar-refractivity contribution in [2.24, 2.45) is 11.3 Å². The van der Waals surface area contributed by atoms with Crippen molar-refractivity contribution in [3.8, 4) is 16.9 Å². The number of ether oxygens (including phenoxy) is 2. The maximum atomic E-state index is 14.9. The van der Waals surface area contributed by atoms with Crippen LogP contribution in [0.3, 0.4) is 0 Å². The Bertz CT molecular complexity index is 1420. The van der Waals surface area contributed by atoms with Gasteiger partial charge in [0, 0.05) is 11.8 Å². The SMILES string of the molecule is COC(=O)c1ccc(NC(=O)C(CC23CC(C2)C3)c2ccc(-c3c(OC(F)F)ccc(Cl)c3F)c[n+]2[O-])cc1. The normalized spacial score (nSPS) is 20.0. The first-order valence-electron chi connectivity index (χ1n) is 12.2. The Morgan fingerprint density at radius 1 is 1.13 bits per heavy atom. The van der Waals surface area contributed by atoms with E-state index < -0.39 is 36.0 Å². The molecule has 3 saturated carbocycles. The second-order valence-corrected chi connectivity index (χ2v) is 10.5. The summed E-state index contributed by atoms with van der Waals surface area (Å²) >= 11 is 5.87. The van der Waals surface area contributed by atoms with E-state index in [1.807, 2.05) is 0 Å². The molecule has 3 fully saturated rings. The molecule has 0 radical (unpaired) electrons. The monoisotopic (exact) mass is 560 g/mol. The number of pyridine rings is 1. The van der Waals surface area contributed by atoms with Gasteiger partial charge in [-0.2, -0.15) is 13.5 Å². The highest BCUT2D eigenvalue weighted by molar-refractivity contribution is 6.31. The summed E-state index contributed by atoms with van der Waals surface area (Å²) in [5, 5.41) is 15.7. The Kier molecular flexibility index (Phi) is 7.15. The zero-order valence-electron chi connectivity index (χ0n) is 20.8. The lowest BCUT2D eigenvalue weighted by Gasteiger charge is -2.62. The first-order chi connectivity index (χ1) is 18.6. The third kappa shape index (κ3) is 5.25. The Balaban J connectivity index is 1.45. The molecular formula is C28H24ClF3N2O5. The van der Waals surface area contributed by atoms with Crippen molar-refractivity contribution in [1.82, 2.24) is 0 Å². The van der Waals surface area contributed by atoms with Crippen LogP contribution < -0.4 is 14.8 Å². The molecule has 1 aromatic heterocycles. The number of carbonyl (C=O) groups is 2. The lowest BCUT2D eigenvalue weighted by Crippen LogP contribution is -2.53. The second kappa shape index (κ2) is 10.4. The Labute approximate surface area is 227 Å². The summed E-state index contributed by atoms with van der Waals surface area (Å²) in [6.45, 7) is -3.22. The maximum Gasteiger partial charge on any atom is 0.387 e. The number of hydrogen-bond acceptors (Lipinski definition) is 5. The van der Waals surface area contributed by atoms with Gasteiger partial charge in [-0.25, -0.2) is 9.18 Å². The van der Waals surface area contributed by atoms with E-state index in [2.05, 4.69) is 14.8 Å². The van der Waals surface area contributed by atoms with Crippen molar-refractivity contribution >= 4 is 29.2 Å². The molecule has 3 aliphatic rings. The molecule has 1 N–H and O–H groups in total. The molecule has 0 saturated heterocycles. The van der Waals surface area contributed by atoms with Crippen molar-refractivity contribution in [2.45, 2.75) is 38.2 Å². The second-order valence-electron chi connectivity index (χ2n) is 10.1. The molecule has 1 heterocycles. The van der Waals surface area contributed by atoms with E-state index >= 15 is 0 Å². The van der Waals surface area contributed by atoms with Crippen molar-refractivity contribution in [2.75, 3.05) is 12.4 Å². The molecule has 1 unspecified atom stereocenters. The molecule has 204 valence electrons. The number of nitrogens with zero attached hydrogens (tertiary/aromatic N) is 1. The molecule has 2 aromatic carbocycles. The van der Waals surface area contributed by atoms with Gasteiger partial charge in [-0.05, 0) is 79.5 Å². The summed E-state index contributed by atoms with van der Waals surface area (Å²) in [7, 11) is 1.27. The molecule has 39 heavy (non-hydrogen) atoms. The van der Waals surface area contributed by atoms with E-state index in [1.165, 1.54) is 31.4 Å². The first kappa shape index (κ1) is 26.8. The van der Waals surface area contributed by atoms with Gasteiger partial charge >= 0.3 is 12.6 Å². The molecule has 0 aliphatic heterocycles. The number of carbonyl (C=O) groups excluding carboxylic acids is 2. The predicted octanol–water partition coefficient (Wildman–Crippen LogP) is 6.08. The highest BCUT2D eigenvalue weighted by Gasteiger charge is 2.58. The van der Waals surface area contributed by atoms with Crippen molar-refractivity contribution in [1.29, 1.82) is 0 Å². The van der Waals surface area contributed by atoms with E-state index in [0.29, 0.717) is 28.3 Å². The molecular weight excluding hydrogens is 537 g/mol. The van der Waals surface area contributed by atoms with Gasteiger partial charge in [0.2, 0.25) is 11.6 Å². The summed E-state index contributed by atoms with van der Waals surface area (Å²) in [6.07, 6.45) is 4.44. The molecule has 6 rings (SSSR count). The van der Waals surface area contributed by atoms with Crippen molar-refractivity contribution in [3.05, 3.63) is 82.0 Å². The average Bonchev–Trinajstić information content (AvgIpc) is 2.85. The van der Waals surface area contributed by atoms with Crippen molar-refractivity contribution < 1.29 is 37.0 Å². The van der Waals surface area contributed by atoms with Gasteiger partial charge in [-0.3, -0.25) is 4.79 Å². The van der Waals surface area contributed by atoms with Gasteiger partial charge in [0.15, 0.2) is 12.0 Å². The Morgan fingerprint density at radius 2 is 1.82 bits per heavy atom. The molecule has 2 bridgehead atoms. The summed E-state index contributed by atoms with van der Waals surface area (Å²) in [4.78, 5) is 25.2. The quantitative estimate of drug-likeness (QED) is 0.194. The number of amides is 1. The van der Waals surface area contributed by atoms with Crippen LogP contribution in [-0.2, 0) is 9.53 Å². The van der Waals surface area contributed by atoms with Gasteiger partial charge in [0.05, 0.1) is 28.8 Å². The summed E-state index contributed by atoms with van der Waals surface area (Å²) in [6, 6.07) is 11.1. The third-order valence-corrected chi connectivity index (χ3v) is 7.85. The number of hydrogen-bond donors (Lipinski definition) is 1. The van der Waals surface area contributed by atoms with E-state index in [-0.39, 0.29) is 27.3 Å². The minimum Gasteiger partial charge on any atom is -0.618 e. The third-order valence-electron chi connectivity index (χ3n) is 7.56. The number of nitrogens with one attached hydrogen (secondary N) is 1. The van der Waals surface area contributed by atoms with Crippen molar-refractivity contribution in [3.63, 3.8) is 0 Å². The van der Waals surface area contributed by atoms with Gasteiger partial charge in [0.1, 0.15) is 11.7 Å². The standard InChI is InChI=1S/C28H24ClF3N2O5/c1-38-26(36)16-2-5-18(6-3-16)33-25(35)19(13-28-10-15(11-28)12-28)21-8-4-17(14-34(21)37)23-22(39-27(31)32)9-7-20(29)24(23)30/h2-9,14-15,19,27H,10-13H2,1H3,(H,33,35). The van der Waals surface area contributed by atoms with Crippen LogP contribution >= 0.6 is 11.6 Å². The molecule has 7 nitrogen and oxygen atoms in total. The largest absolute Gasteiger partial charge is 0.618 e. The fourth-order valence-electron chi connectivity index (χ4n) is 5.62. The van der Waals surface area contributed by atoms with E-state index in [0.717, 1.165) is 37.6 Å². The zero-order chi connectivity index (χ0) is 27.9. The predicted molar refractivity (Wildman–Crippen MR) is 136 cm³/mol. The van der Waals surface area contributed by atoms with E-state index in [1.54, 1.807) is 12.1 Å². The van der Waals surface area contributed by atoms with Gasteiger partial charge < -0.3 is 20.0 Å². The number of rotatable bonds is 9. The number of benzene rings is 2. The smallest absolute Gasteiger partial charge is 0.387 e. The van der Waals surface area contributed by atoms with Crippen LogP contribution in [0.5, 0.6) is 5.75 Å². The van der Waals surface area contributed by atoms with E-state index in [9.17, 15) is 28.0 Å². The highest BCUT2D eigenvalue weighted by atomic mass is 35.5. The average molecular weight is 561 g/mol. The van der Waals surface area contributed by atoms with Crippen LogP contribution in [0.15, 0.2) is 54.7 Å². The summed E-state index contributed by atoms with van der Waals surface area (Å²) < 4.78 is 50.3. The molecule has 3 aromatic rings. The summed E-state index contributed by atoms with van der Waals surface area (Å²) in [5.74, 6) is -2.60. The number of methoxy groups -OCH3 is 1. The fraction of sp³-hybridized carbons (Fsp3) is 0.321.